The number of carbonyl (C=O) groups is 1. The molecule has 2 aromatic carbocycles. The van der Waals surface area contributed by atoms with Gasteiger partial charge in [0.05, 0.1) is 12.7 Å². The number of nitrogens with zero attached hydrogens (tertiary/aromatic N) is 1. The molecule has 5 nitrogen and oxygen atoms in total. The number of benzene rings is 2. The van der Waals surface area contributed by atoms with Gasteiger partial charge in [0.2, 0.25) is 15.9 Å². The van der Waals surface area contributed by atoms with Gasteiger partial charge in [-0.05, 0) is 17.2 Å². The number of hydrogen-bond acceptors (Lipinski definition) is 3. The van der Waals surface area contributed by atoms with E-state index in [1.54, 1.807) is 18.2 Å². The second-order valence-corrected chi connectivity index (χ2v) is 8.09. The molecule has 7 heteroatoms. The summed E-state index contributed by atoms with van der Waals surface area (Å²) in [4.78, 5) is 12.0. The Hall–Kier alpha value is -1.89. The summed E-state index contributed by atoms with van der Waals surface area (Å²) in [6.07, 6.45) is 1.42. The maximum Gasteiger partial charge on any atom is 0.224 e. The van der Waals surface area contributed by atoms with Crippen LogP contribution in [0.25, 0.3) is 0 Å². The predicted molar refractivity (Wildman–Crippen MR) is 99.9 cm³/mol. The molecule has 0 aliphatic carbocycles. The largest absolute Gasteiger partial charge is 0.354 e. The molecule has 0 saturated heterocycles. The van der Waals surface area contributed by atoms with Crippen molar-refractivity contribution in [3.05, 3.63) is 70.7 Å². The Balaban J connectivity index is 1.90. The van der Waals surface area contributed by atoms with E-state index in [-0.39, 0.29) is 32.0 Å². The van der Waals surface area contributed by atoms with Gasteiger partial charge in [0.25, 0.3) is 0 Å². The minimum atomic E-state index is -3.41. The molecule has 1 amide bonds. The zero-order valence-electron chi connectivity index (χ0n) is 14.0. The molecule has 0 heterocycles. The van der Waals surface area contributed by atoms with Gasteiger partial charge in [-0.3, -0.25) is 4.79 Å². The molecular formula is C18H21ClN2O3S. The third kappa shape index (κ3) is 6.49. The van der Waals surface area contributed by atoms with E-state index in [1.807, 2.05) is 36.4 Å². The smallest absolute Gasteiger partial charge is 0.224 e. The summed E-state index contributed by atoms with van der Waals surface area (Å²) >= 11 is 6.10. The number of halogens is 1. The van der Waals surface area contributed by atoms with E-state index in [4.69, 9.17) is 11.6 Å². The van der Waals surface area contributed by atoms with Crippen LogP contribution in [0.15, 0.2) is 54.6 Å². The fourth-order valence-electron chi connectivity index (χ4n) is 2.34. The van der Waals surface area contributed by atoms with Crippen LogP contribution < -0.4 is 5.32 Å². The maximum atomic E-state index is 12.0. The van der Waals surface area contributed by atoms with Crippen LogP contribution in [0.5, 0.6) is 0 Å². The number of nitrogens with one attached hydrogen (secondary N) is 1. The van der Waals surface area contributed by atoms with Crippen molar-refractivity contribution < 1.29 is 13.2 Å². The van der Waals surface area contributed by atoms with Crippen LogP contribution in [0.4, 0.5) is 0 Å². The number of hydrogen-bond donors (Lipinski definition) is 1. The summed E-state index contributed by atoms with van der Waals surface area (Å²) in [5.41, 5.74) is 1.64. The van der Waals surface area contributed by atoms with Gasteiger partial charge in [0, 0.05) is 24.7 Å². The van der Waals surface area contributed by atoms with E-state index in [9.17, 15) is 13.2 Å². The molecule has 0 fully saturated rings. The molecule has 25 heavy (non-hydrogen) atoms. The molecule has 2 aromatic rings. The van der Waals surface area contributed by atoms with Crippen molar-refractivity contribution in [3.63, 3.8) is 0 Å². The highest BCUT2D eigenvalue weighted by Gasteiger charge is 2.18. The Kier molecular flexibility index (Phi) is 6.99. The van der Waals surface area contributed by atoms with Crippen molar-refractivity contribution in [3.8, 4) is 0 Å². The highest BCUT2D eigenvalue weighted by atomic mass is 35.5. The molecule has 0 aliphatic heterocycles. The first-order valence-electron chi connectivity index (χ1n) is 7.85. The highest BCUT2D eigenvalue weighted by Crippen LogP contribution is 2.18. The van der Waals surface area contributed by atoms with Crippen molar-refractivity contribution >= 4 is 27.5 Å². The molecule has 1 N–H and O–H groups in total. The Morgan fingerprint density at radius 2 is 1.72 bits per heavy atom. The number of rotatable bonds is 8. The molecule has 0 bridgehead atoms. The molecule has 0 aliphatic rings. The van der Waals surface area contributed by atoms with Gasteiger partial charge in [-0.2, -0.15) is 4.31 Å². The molecule has 0 saturated carbocycles. The first-order chi connectivity index (χ1) is 11.9. The Labute approximate surface area is 153 Å². The lowest BCUT2D eigenvalue weighted by Gasteiger charge is -2.20. The van der Waals surface area contributed by atoms with E-state index in [2.05, 4.69) is 5.32 Å². The summed E-state index contributed by atoms with van der Waals surface area (Å²) < 4.78 is 25.3. The lowest BCUT2D eigenvalue weighted by atomic mass is 10.1. The van der Waals surface area contributed by atoms with Gasteiger partial charge in [-0.1, -0.05) is 60.1 Å². The standard InChI is InChI=1S/C18H21ClN2O3S/c1-25(23,24)21(14-16-9-5-6-10-17(16)19)12-11-20-18(22)13-15-7-3-2-4-8-15/h2-10H,11-14H2,1H3,(H,20,22). The normalized spacial score (nSPS) is 11.5. The van der Waals surface area contributed by atoms with Gasteiger partial charge in [0.15, 0.2) is 0 Å². The fourth-order valence-corrected chi connectivity index (χ4v) is 3.33. The SMILES string of the molecule is CS(=O)(=O)N(CCNC(=O)Cc1ccccc1)Cc1ccccc1Cl. The second kappa shape index (κ2) is 8.99. The van der Waals surface area contributed by atoms with Crippen LogP contribution in [0.1, 0.15) is 11.1 Å². The average Bonchev–Trinajstić information content (AvgIpc) is 2.55. The third-order valence-corrected chi connectivity index (χ3v) is 5.28. The lowest BCUT2D eigenvalue weighted by Crippen LogP contribution is -2.38. The minimum Gasteiger partial charge on any atom is -0.354 e. The summed E-state index contributed by atoms with van der Waals surface area (Å²) in [5.74, 6) is -0.141. The van der Waals surface area contributed by atoms with E-state index in [1.165, 1.54) is 4.31 Å². The predicted octanol–water partition coefficient (Wildman–Crippen LogP) is 2.46. The molecule has 2 rings (SSSR count). The molecule has 0 atom stereocenters. The Morgan fingerprint density at radius 1 is 1.08 bits per heavy atom. The molecule has 0 aromatic heterocycles. The van der Waals surface area contributed by atoms with Crippen LogP contribution >= 0.6 is 11.6 Å². The Morgan fingerprint density at radius 3 is 2.36 bits per heavy atom. The molecule has 0 spiro atoms. The van der Waals surface area contributed by atoms with E-state index in [0.717, 1.165) is 17.4 Å². The number of sulfonamides is 1. The first kappa shape index (κ1) is 19.4. The van der Waals surface area contributed by atoms with Crippen molar-refractivity contribution in [1.29, 1.82) is 0 Å². The van der Waals surface area contributed by atoms with Crippen molar-refractivity contribution in [2.45, 2.75) is 13.0 Å². The number of amides is 1. The first-order valence-corrected chi connectivity index (χ1v) is 10.1. The lowest BCUT2D eigenvalue weighted by molar-refractivity contribution is -0.120. The highest BCUT2D eigenvalue weighted by molar-refractivity contribution is 7.88. The second-order valence-electron chi connectivity index (χ2n) is 5.70. The molecule has 134 valence electrons. The zero-order valence-corrected chi connectivity index (χ0v) is 15.6. The Bertz CT molecular complexity index is 810. The number of carbonyl (C=O) groups excluding carboxylic acids is 1. The average molecular weight is 381 g/mol. The van der Waals surface area contributed by atoms with Gasteiger partial charge >= 0.3 is 0 Å². The van der Waals surface area contributed by atoms with Crippen molar-refractivity contribution in [2.75, 3.05) is 19.3 Å². The van der Waals surface area contributed by atoms with E-state index >= 15 is 0 Å². The van der Waals surface area contributed by atoms with Gasteiger partial charge < -0.3 is 5.32 Å². The van der Waals surface area contributed by atoms with Crippen LogP contribution in [-0.2, 0) is 27.8 Å². The fraction of sp³-hybridized carbons (Fsp3) is 0.278. The summed E-state index contributed by atoms with van der Waals surface area (Å²) in [6.45, 7) is 0.598. The molecular weight excluding hydrogens is 360 g/mol. The third-order valence-electron chi connectivity index (χ3n) is 3.66. The monoisotopic (exact) mass is 380 g/mol. The van der Waals surface area contributed by atoms with Crippen molar-refractivity contribution in [2.24, 2.45) is 0 Å². The minimum absolute atomic E-state index is 0.141. The van der Waals surface area contributed by atoms with Crippen LogP contribution in [0.3, 0.4) is 0 Å². The van der Waals surface area contributed by atoms with Crippen LogP contribution in [0.2, 0.25) is 5.02 Å². The van der Waals surface area contributed by atoms with Crippen LogP contribution in [-0.4, -0.2) is 38.0 Å². The quantitative estimate of drug-likeness (QED) is 0.765. The molecule has 0 radical (unpaired) electrons. The van der Waals surface area contributed by atoms with E-state index < -0.39 is 10.0 Å². The van der Waals surface area contributed by atoms with Gasteiger partial charge in [-0.15, -0.1) is 0 Å². The maximum absolute atomic E-state index is 12.0. The summed E-state index contributed by atoms with van der Waals surface area (Å²) in [5, 5.41) is 3.27. The van der Waals surface area contributed by atoms with Crippen LogP contribution in [0, 0.1) is 0 Å². The van der Waals surface area contributed by atoms with Gasteiger partial charge in [0.1, 0.15) is 0 Å². The van der Waals surface area contributed by atoms with Gasteiger partial charge in [-0.25, -0.2) is 8.42 Å². The summed E-state index contributed by atoms with van der Waals surface area (Å²) in [7, 11) is -3.41. The zero-order chi connectivity index (χ0) is 18.3. The topological polar surface area (TPSA) is 66.5 Å². The van der Waals surface area contributed by atoms with E-state index in [0.29, 0.717) is 5.02 Å². The summed E-state index contributed by atoms with van der Waals surface area (Å²) in [6, 6.07) is 16.5. The van der Waals surface area contributed by atoms with Crippen molar-refractivity contribution in [1.82, 2.24) is 9.62 Å². The molecule has 0 unspecified atom stereocenters.